The van der Waals surface area contributed by atoms with E-state index in [1.807, 2.05) is 0 Å². The molecule has 0 saturated carbocycles. The van der Waals surface area contributed by atoms with E-state index in [2.05, 4.69) is 15.1 Å². The first-order valence-corrected chi connectivity index (χ1v) is 5.02. The predicted molar refractivity (Wildman–Crippen MR) is 66.8 cm³/mol. The van der Waals surface area contributed by atoms with Crippen molar-refractivity contribution in [3.05, 3.63) is 34.2 Å². The van der Waals surface area contributed by atoms with E-state index in [4.69, 9.17) is 23.1 Å². The first kappa shape index (κ1) is 11.3. The Kier molecular flexibility index (Phi) is 2.88. The molecule has 86 valence electrons. The second kappa shape index (κ2) is 4.34. The van der Waals surface area contributed by atoms with E-state index in [1.165, 1.54) is 0 Å². The molecule has 1 aromatic carbocycles. The molecule has 1 heterocycles. The van der Waals surface area contributed by atoms with Crippen molar-refractivity contribution in [1.82, 2.24) is 9.97 Å². The highest BCUT2D eigenvalue weighted by atomic mass is 35.5. The number of nitrogens with zero attached hydrogens (tertiary/aromatic N) is 3. The van der Waals surface area contributed by atoms with Gasteiger partial charge in [-0.15, -0.1) is 4.91 Å². The summed E-state index contributed by atoms with van der Waals surface area (Å²) in [7, 11) is 0. The zero-order valence-corrected chi connectivity index (χ0v) is 9.35. The second-order valence-electron chi connectivity index (χ2n) is 3.26. The second-order valence-corrected chi connectivity index (χ2v) is 3.70. The van der Waals surface area contributed by atoms with Crippen LogP contribution in [-0.4, -0.2) is 9.97 Å². The molecule has 17 heavy (non-hydrogen) atoms. The van der Waals surface area contributed by atoms with Crippen LogP contribution in [0, 0.1) is 4.91 Å². The number of halogens is 1. The Morgan fingerprint density at radius 3 is 2.06 bits per heavy atom. The van der Waals surface area contributed by atoms with E-state index in [9.17, 15) is 4.91 Å². The fraction of sp³-hybridized carbons (Fsp3) is 0. The van der Waals surface area contributed by atoms with E-state index in [1.54, 1.807) is 24.3 Å². The smallest absolute Gasteiger partial charge is 0.192 e. The minimum Gasteiger partial charge on any atom is -0.382 e. The van der Waals surface area contributed by atoms with Crippen molar-refractivity contribution in [1.29, 1.82) is 0 Å². The topological polar surface area (TPSA) is 107 Å². The maximum Gasteiger partial charge on any atom is 0.192 e. The number of hydrogen-bond acceptors (Lipinski definition) is 6. The third-order valence-corrected chi connectivity index (χ3v) is 2.38. The van der Waals surface area contributed by atoms with Gasteiger partial charge in [-0.25, -0.2) is 9.97 Å². The number of rotatable bonds is 2. The minimum atomic E-state index is -0.136. The Balaban J connectivity index is 2.54. The lowest BCUT2D eigenvalue weighted by Gasteiger charge is -2.04. The molecule has 0 aliphatic heterocycles. The molecule has 0 fully saturated rings. The molecule has 1 aromatic heterocycles. The summed E-state index contributed by atoms with van der Waals surface area (Å²) in [6.07, 6.45) is 0. The van der Waals surface area contributed by atoms with Crippen LogP contribution in [0.5, 0.6) is 0 Å². The van der Waals surface area contributed by atoms with Crippen molar-refractivity contribution in [2.24, 2.45) is 5.18 Å². The number of nitrogen functional groups attached to an aromatic ring is 2. The molecule has 7 heteroatoms. The van der Waals surface area contributed by atoms with Crippen LogP contribution in [0.25, 0.3) is 11.4 Å². The van der Waals surface area contributed by atoms with Gasteiger partial charge in [0.2, 0.25) is 0 Å². The number of hydrogen-bond donors (Lipinski definition) is 2. The Morgan fingerprint density at radius 2 is 1.59 bits per heavy atom. The highest BCUT2D eigenvalue weighted by Gasteiger charge is 2.11. The van der Waals surface area contributed by atoms with Gasteiger partial charge in [-0.05, 0) is 29.4 Å². The molecular formula is C10H8ClN5O. The summed E-state index contributed by atoms with van der Waals surface area (Å²) in [5, 5.41) is 3.27. The molecule has 0 radical (unpaired) electrons. The molecule has 0 spiro atoms. The van der Waals surface area contributed by atoms with Crippen LogP contribution in [0.1, 0.15) is 0 Å². The first-order valence-electron chi connectivity index (χ1n) is 4.64. The summed E-state index contributed by atoms with van der Waals surface area (Å²) in [6.45, 7) is 0. The monoisotopic (exact) mass is 249 g/mol. The predicted octanol–water partition coefficient (Wildman–Crippen LogP) is 2.36. The number of nitroso groups, excluding NO2 is 1. The van der Waals surface area contributed by atoms with Gasteiger partial charge in [0, 0.05) is 10.6 Å². The van der Waals surface area contributed by atoms with Gasteiger partial charge in [0.15, 0.2) is 23.1 Å². The highest BCUT2D eigenvalue weighted by molar-refractivity contribution is 6.30. The number of benzene rings is 1. The molecule has 0 unspecified atom stereocenters. The standard InChI is InChI=1S/C10H8ClN5O/c11-6-3-1-5(2-4-6)10-14-8(12)7(16-17)9(13)15-10/h1-4H,(H4,12,13,14,15). The summed E-state index contributed by atoms with van der Waals surface area (Å²) >= 11 is 5.76. The molecule has 0 atom stereocenters. The summed E-state index contributed by atoms with van der Waals surface area (Å²) in [5.74, 6) is 0.235. The van der Waals surface area contributed by atoms with Gasteiger partial charge in [0.25, 0.3) is 0 Å². The SMILES string of the molecule is Nc1nc(-c2ccc(Cl)cc2)nc(N)c1N=O. The lowest BCUT2D eigenvalue weighted by Crippen LogP contribution is -2.01. The van der Waals surface area contributed by atoms with Crippen molar-refractivity contribution in [2.45, 2.75) is 0 Å². The molecular weight excluding hydrogens is 242 g/mol. The molecule has 2 rings (SSSR count). The Morgan fingerprint density at radius 1 is 1.06 bits per heavy atom. The molecule has 2 aromatic rings. The van der Waals surface area contributed by atoms with E-state index < -0.39 is 0 Å². The van der Waals surface area contributed by atoms with Crippen molar-refractivity contribution < 1.29 is 0 Å². The lowest BCUT2D eigenvalue weighted by atomic mass is 10.2. The highest BCUT2D eigenvalue weighted by Crippen LogP contribution is 2.29. The van der Waals surface area contributed by atoms with E-state index in [-0.39, 0.29) is 17.3 Å². The Labute approximate surface area is 102 Å². The van der Waals surface area contributed by atoms with Gasteiger partial charge in [0.05, 0.1) is 0 Å². The van der Waals surface area contributed by atoms with Crippen molar-refractivity contribution in [2.75, 3.05) is 11.5 Å². The fourth-order valence-corrected chi connectivity index (χ4v) is 1.44. The third kappa shape index (κ3) is 2.16. The van der Waals surface area contributed by atoms with Gasteiger partial charge in [-0.3, -0.25) is 0 Å². The molecule has 0 aliphatic rings. The number of anilines is 2. The maximum absolute atomic E-state index is 10.4. The van der Waals surface area contributed by atoms with Crippen LogP contribution < -0.4 is 11.5 Å². The molecule has 0 aliphatic carbocycles. The summed E-state index contributed by atoms with van der Waals surface area (Å²) < 4.78 is 0. The molecule has 0 bridgehead atoms. The quantitative estimate of drug-likeness (QED) is 0.795. The van der Waals surface area contributed by atoms with Gasteiger partial charge >= 0.3 is 0 Å². The fourth-order valence-electron chi connectivity index (χ4n) is 1.31. The van der Waals surface area contributed by atoms with E-state index in [0.29, 0.717) is 16.4 Å². The van der Waals surface area contributed by atoms with Crippen LogP contribution in [-0.2, 0) is 0 Å². The summed E-state index contributed by atoms with van der Waals surface area (Å²) in [5.41, 5.74) is 11.7. The average molecular weight is 250 g/mol. The van der Waals surface area contributed by atoms with E-state index in [0.717, 1.165) is 0 Å². The van der Waals surface area contributed by atoms with Crippen molar-refractivity contribution >= 4 is 28.9 Å². The zero-order chi connectivity index (χ0) is 12.4. The van der Waals surface area contributed by atoms with Crippen molar-refractivity contribution in [3.63, 3.8) is 0 Å². The van der Waals surface area contributed by atoms with Crippen LogP contribution in [0.3, 0.4) is 0 Å². The maximum atomic E-state index is 10.4. The van der Waals surface area contributed by atoms with Gasteiger partial charge in [-0.1, -0.05) is 11.6 Å². The number of nitrogens with two attached hydrogens (primary N) is 2. The molecule has 0 saturated heterocycles. The molecule has 0 amide bonds. The zero-order valence-electron chi connectivity index (χ0n) is 8.59. The van der Waals surface area contributed by atoms with Gasteiger partial charge < -0.3 is 11.5 Å². The largest absolute Gasteiger partial charge is 0.382 e. The molecule has 6 nitrogen and oxygen atoms in total. The number of aromatic nitrogens is 2. The first-order chi connectivity index (χ1) is 8.11. The molecule has 4 N–H and O–H groups in total. The lowest BCUT2D eigenvalue weighted by molar-refractivity contribution is 1.18. The van der Waals surface area contributed by atoms with Crippen LogP contribution in [0.4, 0.5) is 17.3 Å². The summed E-state index contributed by atoms with van der Waals surface area (Å²) in [4.78, 5) is 18.3. The van der Waals surface area contributed by atoms with Gasteiger partial charge in [0.1, 0.15) is 0 Å². The third-order valence-electron chi connectivity index (χ3n) is 2.13. The van der Waals surface area contributed by atoms with Gasteiger partial charge in [-0.2, -0.15) is 0 Å². The van der Waals surface area contributed by atoms with Crippen molar-refractivity contribution in [3.8, 4) is 11.4 Å². The Bertz CT molecular complexity index is 546. The van der Waals surface area contributed by atoms with Crippen LogP contribution >= 0.6 is 11.6 Å². The normalized spacial score (nSPS) is 10.2. The minimum absolute atomic E-state index is 0.0440. The van der Waals surface area contributed by atoms with Crippen LogP contribution in [0.2, 0.25) is 5.02 Å². The average Bonchev–Trinajstić information content (AvgIpc) is 2.29. The van der Waals surface area contributed by atoms with E-state index >= 15 is 0 Å². The summed E-state index contributed by atoms with van der Waals surface area (Å²) in [6, 6.07) is 6.84. The Hall–Kier alpha value is -2.21. The van der Waals surface area contributed by atoms with Crippen LogP contribution in [0.15, 0.2) is 29.4 Å².